The first kappa shape index (κ1) is 32.0. The van der Waals surface area contributed by atoms with Gasteiger partial charge in [-0.25, -0.2) is 8.42 Å². The number of carbonyl (C=O) groups is 2. The summed E-state index contributed by atoms with van der Waals surface area (Å²) in [5.41, 5.74) is 2.91. The number of rotatable bonds is 12. The second kappa shape index (κ2) is 13.9. The maximum atomic E-state index is 14.0. The van der Waals surface area contributed by atoms with E-state index < -0.39 is 28.5 Å². The Morgan fingerprint density at radius 3 is 2.24 bits per heavy atom. The molecule has 0 aliphatic heterocycles. The van der Waals surface area contributed by atoms with Crippen molar-refractivity contribution in [2.24, 2.45) is 0 Å². The third-order valence-corrected chi connectivity index (χ3v) is 9.00. The molecule has 3 rings (SSSR count). The monoisotopic (exact) mass is 599 g/mol. The molecule has 0 aliphatic rings. The van der Waals surface area contributed by atoms with Gasteiger partial charge in [0.15, 0.2) is 0 Å². The number of benzene rings is 3. The van der Waals surface area contributed by atoms with Crippen molar-refractivity contribution in [3.8, 4) is 5.75 Å². The Balaban J connectivity index is 2.06. The standard InChI is InChI=1S/C31H38ClN3O5S/c1-7-23(4)33-31(37)24(5)34(19-25-10-8-9-22(3)17-25)30(36)20-35(26-13-16-29(40-6)28(32)18-26)41(38,39)27-14-11-21(2)12-15-27/h8-18,23-24H,7,19-20H2,1-6H3,(H,33,37)/t23-,24+/m0/s1. The normalized spacial score (nSPS) is 12.8. The highest BCUT2D eigenvalue weighted by atomic mass is 35.5. The lowest BCUT2D eigenvalue weighted by Gasteiger charge is -2.32. The first-order chi connectivity index (χ1) is 19.4. The molecule has 3 aromatic rings. The highest BCUT2D eigenvalue weighted by molar-refractivity contribution is 7.92. The summed E-state index contributed by atoms with van der Waals surface area (Å²) in [7, 11) is -2.74. The summed E-state index contributed by atoms with van der Waals surface area (Å²) in [6.07, 6.45) is 0.727. The molecule has 0 saturated heterocycles. The Bertz CT molecular complexity index is 1480. The Morgan fingerprint density at radius 1 is 0.976 bits per heavy atom. The highest BCUT2D eigenvalue weighted by Gasteiger charge is 2.33. The minimum atomic E-state index is -4.20. The van der Waals surface area contributed by atoms with Crippen LogP contribution in [0.15, 0.2) is 71.6 Å². The quantitative estimate of drug-likeness (QED) is 0.297. The van der Waals surface area contributed by atoms with Crippen LogP contribution in [0.4, 0.5) is 5.69 Å². The van der Waals surface area contributed by atoms with E-state index in [-0.39, 0.29) is 34.1 Å². The summed E-state index contributed by atoms with van der Waals surface area (Å²) in [5, 5.41) is 3.13. The average Bonchev–Trinajstić information content (AvgIpc) is 2.94. The van der Waals surface area contributed by atoms with Crippen molar-refractivity contribution in [1.82, 2.24) is 10.2 Å². The number of sulfonamides is 1. The fraction of sp³-hybridized carbons (Fsp3) is 0.355. The van der Waals surface area contributed by atoms with Crippen molar-refractivity contribution >= 4 is 39.1 Å². The molecule has 0 aromatic heterocycles. The number of amides is 2. The van der Waals surface area contributed by atoms with Crippen molar-refractivity contribution in [2.45, 2.75) is 64.6 Å². The molecule has 1 N–H and O–H groups in total. The summed E-state index contributed by atoms with van der Waals surface area (Å²) in [6.45, 7) is 8.87. The Hall–Kier alpha value is -3.56. The van der Waals surface area contributed by atoms with Gasteiger partial charge in [0.2, 0.25) is 11.8 Å². The molecule has 0 spiro atoms. The Labute approximate surface area is 248 Å². The largest absolute Gasteiger partial charge is 0.495 e. The van der Waals surface area contributed by atoms with E-state index in [9.17, 15) is 18.0 Å². The van der Waals surface area contributed by atoms with Crippen LogP contribution >= 0.6 is 11.6 Å². The lowest BCUT2D eigenvalue weighted by Crippen LogP contribution is -2.52. The molecule has 2 atom stereocenters. The van der Waals surface area contributed by atoms with Crippen LogP contribution in [0.3, 0.4) is 0 Å². The van der Waals surface area contributed by atoms with Crippen LogP contribution in [0.2, 0.25) is 5.02 Å². The third kappa shape index (κ3) is 8.01. The van der Waals surface area contributed by atoms with Crippen molar-refractivity contribution in [3.05, 3.63) is 88.4 Å². The number of methoxy groups -OCH3 is 1. The van der Waals surface area contributed by atoms with Crippen LogP contribution in [0, 0.1) is 13.8 Å². The predicted molar refractivity (Wildman–Crippen MR) is 163 cm³/mol. The first-order valence-corrected chi connectivity index (χ1v) is 15.3. The predicted octanol–water partition coefficient (Wildman–Crippen LogP) is 5.49. The fourth-order valence-electron chi connectivity index (χ4n) is 4.23. The second-order valence-corrected chi connectivity index (χ2v) is 12.4. The van der Waals surface area contributed by atoms with Gasteiger partial charge in [-0.05, 0) is 70.0 Å². The summed E-state index contributed by atoms with van der Waals surface area (Å²) in [4.78, 5) is 28.6. The van der Waals surface area contributed by atoms with Crippen molar-refractivity contribution in [2.75, 3.05) is 18.0 Å². The molecule has 0 saturated carbocycles. The van der Waals surface area contributed by atoms with Gasteiger partial charge in [0, 0.05) is 12.6 Å². The van der Waals surface area contributed by atoms with Gasteiger partial charge in [-0.15, -0.1) is 0 Å². The molecule has 8 nitrogen and oxygen atoms in total. The van der Waals surface area contributed by atoms with Gasteiger partial charge in [0.1, 0.15) is 18.3 Å². The molecule has 3 aromatic carbocycles. The van der Waals surface area contributed by atoms with E-state index in [2.05, 4.69) is 5.32 Å². The summed E-state index contributed by atoms with van der Waals surface area (Å²) in [6, 6.07) is 17.6. The zero-order valence-electron chi connectivity index (χ0n) is 24.3. The van der Waals surface area contributed by atoms with E-state index in [0.29, 0.717) is 5.75 Å². The molecule has 2 amide bonds. The average molecular weight is 600 g/mol. The maximum absolute atomic E-state index is 14.0. The molecular formula is C31H38ClN3O5S. The van der Waals surface area contributed by atoms with Crippen LogP contribution in [0.25, 0.3) is 0 Å². The van der Waals surface area contributed by atoms with Gasteiger partial charge in [-0.1, -0.05) is 66.0 Å². The highest BCUT2D eigenvalue weighted by Crippen LogP contribution is 2.32. The SMILES string of the molecule is CC[C@H](C)NC(=O)[C@@H](C)N(Cc1cccc(C)c1)C(=O)CN(c1ccc(OC)c(Cl)c1)S(=O)(=O)c1ccc(C)cc1. The molecule has 41 heavy (non-hydrogen) atoms. The number of nitrogens with zero attached hydrogens (tertiary/aromatic N) is 2. The molecule has 0 aliphatic carbocycles. The van der Waals surface area contributed by atoms with E-state index in [0.717, 1.165) is 27.4 Å². The molecule has 0 radical (unpaired) electrons. The summed E-state index contributed by atoms with van der Waals surface area (Å²) in [5.74, 6) is -0.493. The number of nitrogens with one attached hydrogen (secondary N) is 1. The van der Waals surface area contributed by atoms with Crippen molar-refractivity contribution < 1.29 is 22.7 Å². The number of hydrogen-bond donors (Lipinski definition) is 1. The van der Waals surface area contributed by atoms with Gasteiger partial charge in [-0.3, -0.25) is 13.9 Å². The Morgan fingerprint density at radius 2 is 1.66 bits per heavy atom. The van der Waals surface area contributed by atoms with Crippen LogP contribution in [0.1, 0.15) is 43.9 Å². The number of hydrogen-bond acceptors (Lipinski definition) is 5. The van der Waals surface area contributed by atoms with E-state index >= 15 is 0 Å². The molecule has 220 valence electrons. The number of anilines is 1. The van der Waals surface area contributed by atoms with Gasteiger partial charge in [0.05, 0.1) is 22.7 Å². The number of aryl methyl sites for hydroxylation is 2. The topological polar surface area (TPSA) is 96.0 Å². The van der Waals surface area contributed by atoms with E-state index in [1.807, 2.05) is 52.0 Å². The first-order valence-electron chi connectivity index (χ1n) is 13.5. The summed E-state index contributed by atoms with van der Waals surface area (Å²) < 4.78 is 34.2. The minimum Gasteiger partial charge on any atom is -0.495 e. The van der Waals surface area contributed by atoms with E-state index in [4.69, 9.17) is 16.3 Å². The van der Waals surface area contributed by atoms with Crippen LogP contribution in [-0.4, -0.2) is 50.9 Å². The fourth-order valence-corrected chi connectivity index (χ4v) is 5.89. The van der Waals surface area contributed by atoms with Crippen LogP contribution in [0.5, 0.6) is 5.75 Å². The molecular weight excluding hydrogens is 562 g/mol. The number of ether oxygens (including phenoxy) is 1. The molecule has 0 unspecified atom stereocenters. The van der Waals surface area contributed by atoms with Crippen LogP contribution in [-0.2, 0) is 26.2 Å². The van der Waals surface area contributed by atoms with Gasteiger partial charge in [0.25, 0.3) is 10.0 Å². The minimum absolute atomic E-state index is 0.0237. The molecule has 0 fully saturated rings. The van der Waals surface area contributed by atoms with E-state index in [1.54, 1.807) is 25.1 Å². The number of carbonyl (C=O) groups excluding carboxylic acids is 2. The third-order valence-electron chi connectivity index (χ3n) is 6.91. The Kier molecular flexibility index (Phi) is 10.8. The molecule has 0 bridgehead atoms. The lowest BCUT2D eigenvalue weighted by atomic mass is 10.1. The second-order valence-electron chi connectivity index (χ2n) is 10.1. The molecule has 10 heteroatoms. The zero-order valence-corrected chi connectivity index (χ0v) is 25.9. The van der Waals surface area contributed by atoms with Gasteiger partial charge in [-0.2, -0.15) is 0 Å². The zero-order chi connectivity index (χ0) is 30.3. The van der Waals surface area contributed by atoms with Gasteiger partial charge < -0.3 is 15.0 Å². The van der Waals surface area contributed by atoms with Gasteiger partial charge >= 0.3 is 0 Å². The smallest absolute Gasteiger partial charge is 0.264 e. The number of halogens is 1. The molecule has 0 heterocycles. The van der Waals surface area contributed by atoms with E-state index in [1.165, 1.54) is 36.3 Å². The summed E-state index contributed by atoms with van der Waals surface area (Å²) >= 11 is 6.37. The van der Waals surface area contributed by atoms with Crippen LogP contribution < -0.4 is 14.4 Å². The lowest BCUT2D eigenvalue weighted by molar-refractivity contribution is -0.139. The van der Waals surface area contributed by atoms with Crippen molar-refractivity contribution in [3.63, 3.8) is 0 Å². The maximum Gasteiger partial charge on any atom is 0.264 e. The van der Waals surface area contributed by atoms with Crippen molar-refractivity contribution in [1.29, 1.82) is 0 Å².